The van der Waals surface area contributed by atoms with Crippen LogP contribution in [0.4, 0.5) is 4.79 Å². The van der Waals surface area contributed by atoms with Crippen LogP contribution in [0.2, 0.25) is 0 Å². The van der Waals surface area contributed by atoms with Gasteiger partial charge in [0, 0.05) is 18.8 Å². The molecule has 4 rings (SSSR count). The number of aliphatic hydroxyl groups excluding tert-OH is 6. The van der Waals surface area contributed by atoms with Crippen LogP contribution in [-0.2, 0) is 16.4 Å². The molecule has 1 heterocycles. The van der Waals surface area contributed by atoms with Gasteiger partial charge < -0.3 is 41.3 Å². The lowest BCUT2D eigenvalue weighted by Gasteiger charge is -2.39. The summed E-state index contributed by atoms with van der Waals surface area (Å²) in [5.41, 5.74) is 1.82. The van der Waals surface area contributed by atoms with E-state index in [2.05, 4.69) is 25.3 Å². The first-order valence-electron chi connectivity index (χ1n) is 13.9. The Morgan fingerprint density at radius 3 is 1.84 bits per heavy atom. The maximum absolute atomic E-state index is 12.4. The molecule has 2 saturated carbocycles. The minimum Gasteiger partial charge on any atom is -0.387 e. The summed E-state index contributed by atoms with van der Waals surface area (Å²) >= 11 is 0. The highest BCUT2D eigenvalue weighted by Crippen LogP contribution is 2.21. The Morgan fingerprint density at radius 1 is 0.814 bits per heavy atom. The van der Waals surface area contributed by atoms with Crippen molar-refractivity contribution < 1.29 is 48.6 Å². The zero-order valence-corrected chi connectivity index (χ0v) is 24.4. The average Bonchev–Trinajstić information content (AvgIpc) is 2.99. The molecule has 16 heteroatoms. The van der Waals surface area contributed by atoms with E-state index in [9.17, 15) is 18.0 Å². The fourth-order valence-corrected chi connectivity index (χ4v) is 5.53. The number of carbonyl (C=O) groups is 2. The van der Waals surface area contributed by atoms with Crippen LogP contribution in [0.5, 0.6) is 0 Å². The molecule has 43 heavy (non-hydrogen) atoms. The lowest BCUT2D eigenvalue weighted by molar-refractivity contribution is -0.223. The number of hydrogen-bond donors (Lipinski definition) is 9. The van der Waals surface area contributed by atoms with Crippen LogP contribution in [-0.4, -0.2) is 110 Å². The zero-order chi connectivity index (χ0) is 31.7. The second-order valence-corrected chi connectivity index (χ2v) is 12.2. The molecular weight excluding hydrogens is 586 g/mol. The summed E-state index contributed by atoms with van der Waals surface area (Å²) in [7, 11) is -3.95. The standard InChI is InChI=1S/C21H27N5O4S.C6H12O6/c1-15-13-24-19(14-23-15)20(27)22-12-11-16-7-9-18(10-8-16)31(29,30)26-21(28)25-17-5-3-2-4-6-17;7-1-2(8)4(10)6(12)5(11)3(1)9/h7-10,13-14,17H,2-6,11-12H2,1H3,(H,22,27)(H2,25,26,28);1-12H. The Hall–Kier alpha value is -3.25. The van der Waals surface area contributed by atoms with Crippen LogP contribution >= 0.6 is 0 Å². The summed E-state index contributed by atoms with van der Waals surface area (Å²) in [5.74, 6) is -0.320. The van der Waals surface area contributed by atoms with Crippen molar-refractivity contribution in [2.45, 2.75) is 93.0 Å². The first-order chi connectivity index (χ1) is 20.3. The first-order valence-corrected chi connectivity index (χ1v) is 15.4. The number of aromatic nitrogens is 2. The molecule has 1 aromatic heterocycles. The molecule has 2 aliphatic rings. The SMILES string of the molecule is Cc1cnc(C(=O)NCCc2ccc(S(=O)(=O)NC(=O)NC3CCCCC3)cc2)cn1.OC1C(O)C(O)C(O)C(O)C1O. The Bertz CT molecular complexity index is 1250. The van der Waals surface area contributed by atoms with Gasteiger partial charge in [-0.3, -0.25) is 9.78 Å². The molecule has 0 atom stereocenters. The number of aryl methyl sites for hydroxylation is 1. The first kappa shape index (κ1) is 34.2. The summed E-state index contributed by atoms with van der Waals surface area (Å²) in [6.07, 6.45) is -1.42. The van der Waals surface area contributed by atoms with Gasteiger partial charge in [0.15, 0.2) is 0 Å². The van der Waals surface area contributed by atoms with Gasteiger partial charge in [0.1, 0.15) is 42.3 Å². The number of hydrogen-bond acceptors (Lipinski definition) is 12. The summed E-state index contributed by atoms with van der Waals surface area (Å²) < 4.78 is 26.9. The summed E-state index contributed by atoms with van der Waals surface area (Å²) in [5, 5.41) is 59.3. The van der Waals surface area contributed by atoms with Gasteiger partial charge in [-0.25, -0.2) is 22.9 Å². The van der Waals surface area contributed by atoms with E-state index in [-0.39, 0.29) is 22.5 Å². The lowest BCUT2D eigenvalue weighted by atomic mass is 9.85. The Labute approximate surface area is 249 Å². The molecule has 15 nitrogen and oxygen atoms in total. The number of urea groups is 1. The van der Waals surface area contributed by atoms with Gasteiger partial charge in [0.2, 0.25) is 0 Å². The third-order valence-corrected chi connectivity index (χ3v) is 8.56. The summed E-state index contributed by atoms with van der Waals surface area (Å²) in [6.45, 7) is 2.15. The van der Waals surface area contributed by atoms with Crippen LogP contribution in [0.15, 0.2) is 41.6 Å². The molecular formula is C27H39N5O10S. The largest absolute Gasteiger partial charge is 0.387 e. The van der Waals surface area contributed by atoms with Crippen LogP contribution in [0, 0.1) is 6.92 Å². The van der Waals surface area contributed by atoms with Crippen LogP contribution in [0.1, 0.15) is 53.8 Å². The van der Waals surface area contributed by atoms with E-state index in [0.717, 1.165) is 43.4 Å². The van der Waals surface area contributed by atoms with Gasteiger partial charge in [0.05, 0.1) is 16.8 Å². The molecule has 2 aromatic rings. The fraction of sp³-hybridized carbons (Fsp3) is 0.556. The molecule has 2 fully saturated rings. The highest BCUT2D eigenvalue weighted by molar-refractivity contribution is 7.90. The van der Waals surface area contributed by atoms with Crippen molar-refractivity contribution in [1.29, 1.82) is 0 Å². The highest BCUT2D eigenvalue weighted by Gasteiger charge is 2.47. The maximum Gasteiger partial charge on any atom is 0.328 e. The molecule has 0 radical (unpaired) electrons. The molecule has 1 aromatic carbocycles. The van der Waals surface area contributed by atoms with Gasteiger partial charge in [-0.2, -0.15) is 0 Å². The van der Waals surface area contributed by atoms with E-state index in [0.29, 0.717) is 13.0 Å². The molecule has 0 bridgehead atoms. The maximum atomic E-state index is 12.4. The van der Waals surface area contributed by atoms with E-state index in [1.165, 1.54) is 24.5 Å². The molecule has 3 amide bonds. The van der Waals surface area contributed by atoms with Crippen LogP contribution < -0.4 is 15.4 Å². The topological polar surface area (TPSA) is 252 Å². The smallest absolute Gasteiger partial charge is 0.328 e. The number of nitrogens with zero attached hydrogens (tertiary/aromatic N) is 2. The molecule has 2 aliphatic carbocycles. The van der Waals surface area contributed by atoms with E-state index < -0.39 is 52.7 Å². The lowest BCUT2D eigenvalue weighted by Crippen LogP contribution is -2.63. The van der Waals surface area contributed by atoms with Crippen molar-refractivity contribution in [3.8, 4) is 0 Å². The molecule has 0 spiro atoms. The van der Waals surface area contributed by atoms with E-state index in [1.807, 2.05) is 0 Å². The van der Waals surface area contributed by atoms with Crippen molar-refractivity contribution in [3.05, 3.63) is 53.6 Å². The van der Waals surface area contributed by atoms with Crippen molar-refractivity contribution in [3.63, 3.8) is 0 Å². The number of sulfonamides is 1. The van der Waals surface area contributed by atoms with Crippen molar-refractivity contribution in [2.75, 3.05) is 6.54 Å². The molecule has 0 aliphatic heterocycles. The van der Waals surface area contributed by atoms with Crippen molar-refractivity contribution in [2.24, 2.45) is 0 Å². The minimum absolute atomic E-state index is 0.00834. The number of rotatable bonds is 7. The van der Waals surface area contributed by atoms with Crippen molar-refractivity contribution in [1.82, 2.24) is 25.3 Å². The number of benzene rings is 1. The Balaban J connectivity index is 0.000000353. The quantitative estimate of drug-likeness (QED) is 0.166. The molecule has 0 saturated heterocycles. The summed E-state index contributed by atoms with van der Waals surface area (Å²) in [4.78, 5) is 32.2. The van der Waals surface area contributed by atoms with Crippen LogP contribution in [0.3, 0.4) is 0 Å². The molecule has 238 valence electrons. The van der Waals surface area contributed by atoms with Gasteiger partial charge in [-0.15, -0.1) is 0 Å². The van der Waals surface area contributed by atoms with E-state index >= 15 is 0 Å². The number of nitrogens with one attached hydrogen (secondary N) is 3. The van der Waals surface area contributed by atoms with E-state index in [4.69, 9.17) is 30.6 Å². The average molecular weight is 626 g/mol. The monoisotopic (exact) mass is 625 g/mol. The van der Waals surface area contributed by atoms with Gasteiger partial charge in [0.25, 0.3) is 15.9 Å². The van der Waals surface area contributed by atoms with E-state index in [1.54, 1.807) is 19.1 Å². The Morgan fingerprint density at radius 2 is 1.35 bits per heavy atom. The predicted molar refractivity (Wildman–Crippen MR) is 151 cm³/mol. The van der Waals surface area contributed by atoms with Crippen molar-refractivity contribution >= 4 is 22.0 Å². The summed E-state index contributed by atoms with van der Waals surface area (Å²) in [6, 6.07) is 5.53. The third kappa shape index (κ3) is 9.62. The zero-order valence-electron chi connectivity index (χ0n) is 23.6. The number of carbonyl (C=O) groups excluding carboxylic acids is 2. The Kier molecular flexibility index (Phi) is 12.3. The highest BCUT2D eigenvalue weighted by atomic mass is 32.2. The van der Waals surface area contributed by atoms with Gasteiger partial charge in [-0.1, -0.05) is 31.4 Å². The van der Waals surface area contributed by atoms with Gasteiger partial charge >= 0.3 is 6.03 Å². The predicted octanol–water partition coefficient (Wildman–Crippen LogP) is -1.76. The molecule has 0 unspecified atom stereocenters. The molecule has 9 N–H and O–H groups in total. The second kappa shape index (κ2) is 15.5. The number of aliphatic hydroxyl groups is 6. The third-order valence-electron chi connectivity index (χ3n) is 7.21. The number of amides is 3. The van der Waals surface area contributed by atoms with Gasteiger partial charge in [-0.05, 0) is 43.9 Å². The normalized spacial score (nSPS) is 26.0. The minimum atomic E-state index is -3.95. The second-order valence-electron chi connectivity index (χ2n) is 10.6. The van der Waals surface area contributed by atoms with Crippen LogP contribution in [0.25, 0.3) is 0 Å². The fourth-order valence-electron chi connectivity index (χ4n) is 4.61.